The topological polar surface area (TPSA) is 29.1 Å². The van der Waals surface area contributed by atoms with Crippen molar-refractivity contribution in [2.45, 2.75) is 71.1 Å². The van der Waals surface area contributed by atoms with Crippen molar-refractivity contribution >= 4 is 5.91 Å². The van der Waals surface area contributed by atoms with Gasteiger partial charge >= 0.3 is 0 Å². The fraction of sp³-hybridized carbons (Fsp3) is 0.591. The highest BCUT2D eigenvalue weighted by Crippen LogP contribution is 2.01. The molecule has 0 fully saturated rings. The SMILES string of the molecule is CCCCC/C=C\C/C=C\C/C=C\C/C=C\CCCC(=O)NCCF. The number of allylic oxidation sites excluding steroid dienone is 8. The molecule has 0 aromatic rings. The second-order valence-corrected chi connectivity index (χ2v) is 6.02. The van der Waals surface area contributed by atoms with Crippen molar-refractivity contribution in [1.29, 1.82) is 0 Å². The predicted molar refractivity (Wildman–Crippen MR) is 107 cm³/mol. The van der Waals surface area contributed by atoms with Gasteiger partial charge < -0.3 is 5.32 Å². The first kappa shape index (κ1) is 23.4. The minimum absolute atomic E-state index is 0.0615. The van der Waals surface area contributed by atoms with Crippen molar-refractivity contribution in [2.75, 3.05) is 13.2 Å². The van der Waals surface area contributed by atoms with Crippen LogP contribution in [-0.2, 0) is 4.79 Å². The van der Waals surface area contributed by atoms with Gasteiger partial charge in [-0.25, -0.2) is 4.39 Å². The summed E-state index contributed by atoms with van der Waals surface area (Å²) in [6, 6.07) is 0. The average molecular weight is 350 g/mol. The number of nitrogens with one attached hydrogen (secondary N) is 1. The van der Waals surface area contributed by atoms with E-state index in [1.807, 2.05) is 0 Å². The Labute approximate surface area is 154 Å². The summed E-state index contributed by atoms with van der Waals surface area (Å²) < 4.78 is 11.9. The monoisotopic (exact) mass is 349 g/mol. The third-order valence-electron chi connectivity index (χ3n) is 3.65. The number of halogens is 1. The molecule has 2 nitrogen and oxygen atoms in total. The van der Waals surface area contributed by atoms with Crippen molar-refractivity contribution in [3.63, 3.8) is 0 Å². The van der Waals surface area contributed by atoms with Crippen LogP contribution in [0.3, 0.4) is 0 Å². The number of amides is 1. The third-order valence-corrected chi connectivity index (χ3v) is 3.65. The van der Waals surface area contributed by atoms with Gasteiger partial charge in [0.15, 0.2) is 0 Å². The average Bonchev–Trinajstić information content (AvgIpc) is 2.62. The maximum Gasteiger partial charge on any atom is 0.220 e. The molecule has 0 aliphatic rings. The van der Waals surface area contributed by atoms with E-state index in [2.05, 4.69) is 60.8 Å². The van der Waals surface area contributed by atoms with Crippen molar-refractivity contribution in [2.24, 2.45) is 0 Å². The Morgan fingerprint density at radius 2 is 1.32 bits per heavy atom. The Morgan fingerprint density at radius 3 is 1.84 bits per heavy atom. The highest BCUT2D eigenvalue weighted by Gasteiger charge is 1.97. The molecular formula is C22H36FNO. The van der Waals surface area contributed by atoms with Crippen LogP contribution in [0.4, 0.5) is 4.39 Å². The molecule has 0 bridgehead atoms. The van der Waals surface area contributed by atoms with E-state index in [0.717, 1.165) is 32.1 Å². The van der Waals surface area contributed by atoms with Crippen LogP contribution in [0.15, 0.2) is 48.6 Å². The van der Waals surface area contributed by atoms with Gasteiger partial charge in [-0.15, -0.1) is 0 Å². The molecule has 0 spiro atoms. The molecule has 0 unspecified atom stereocenters. The first-order chi connectivity index (χ1) is 12.3. The summed E-state index contributed by atoms with van der Waals surface area (Å²) in [6.07, 6.45) is 27.7. The predicted octanol–water partition coefficient (Wildman–Crippen LogP) is 6.22. The van der Waals surface area contributed by atoms with Crippen LogP contribution in [0, 0.1) is 0 Å². The second-order valence-electron chi connectivity index (χ2n) is 6.02. The maximum atomic E-state index is 11.9. The molecule has 0 aliphatic heterocycles. The lowest BCUT2D eigenvalue weighted by atomic mass is 10.2. The fourth-order valence-corrected chi connectivity index (χ4v) is 2.22. The molecule has 0 rings (SSSR count). The van der Waals surface area contributed by atoms with Crippen LogP contribution < -0.4 is 5.32 Å². The summed E-state index contributed by atoms with van der Waals surface area (Å²) >= 11 is 0. The lowest BCUT2D eigenvalue weighted by Crippen LogP contribution is -2.24. The molecule has 1 N–H and O–H groups in total. The molecule has 0 aromatic heterocycles. The molecule has 0 saturated carbocycles. The van der Waals surface area contributed by atoms with E-state index in [0.29, 0.717) is 6.42 Å². The number of carbonyl (C=O) groups is 1. The van der Waals surface area contributed by atoms with Gasteiger partial charge in [0.25, 0.3) is 0 Å². The number of rotatable bonds is 16. The summed E-state index contributed by atoms with van der Waals surface area (Å²) in [5, 5.41) is 2.53. The maximum absolute atomic E-state index is 11.9. The van der Waals surface area contributed by atoms with Crippen LogP contribution in [-0.4, -0.2) is 19.1 Å². The zero-order chi connectivity index (χ0) is 18.4. The third kappa shape index (κ3) is 20.3. The van der Waals surface area contributed by atoms with Crippen LogP contribution in [0.25, 0.3) is 0 Å². The molecule has 142 valence electrons. The van der Waals surface area contributed by atoms with Gasteiger partial charge in [0, 0.05) is 13.0 Å². The lowest BCUT2D eigenvalue weighted by Gasteiger charge is -2.00. The Kier molecular flexibility index (Phi) is 19.1. The van der Waals surface area contributed by atoms with Gasteiger partial charge in [-0.2, -0.15) is 0 Å². The molecule has 0 radical (unpaired) electrons. The highest BCUT2D eigenvalue weighted by atomic mass is 19.1. The first-order valence-electron chi connectivity index (χ1n) is 9.73. The Bertz CT molecular complexity index is 410. The quantitative estimate of drug-likeness (QED) is 0.260. The Hall–Kier alpha value is -1.64. The smallest absolute Gasteiger partial charge is 0.220 e. The van der Waals surface area contributed by atoms with Gasteiger partial charge in [0.05, 0.1) is 0 Å². The molecule has 1 amide bonds. The Morgan fingerprint density at radius 1 is 0.800 bits per heavy atom. The minimum atomic E-state index is -0.497. The largest absolute Gasteiger partial charge is 0.353 e. The van der Waals surface area contributed by atoms with Crippen molar-refractivity contribution in [1.82, 2.24) is 5.32 Å². The summed E-state index contributed by atoms with van der Waals surface area (Å²) in [5.41, 5.74) is 0. The molecule has 0 aliphatic carbocycles. The molecule has 0 aromatic carbocycles. The van der Waals surface area contributed by atoms with Crippen LogP contribution >= 0.6 is 0 Å². The molecule has 0 saturated heterocycles. The molecule has 25 heavy (non-hydrogen) atoms. The van der Waals surface area contributed by atoms with E-state index in [4.69, 9.17) is 0 Å². The number of hydrogen-bond donors (Lipinski definition) is 1. The zero-order valence-corrected chi connectivity index (χ0v) is 15.9. The van der Waals surface area contributed by atoms with Crippen molar-refractivity contribution in [3.05, 3.63) is 48.6 Å². The number of unbranched alkanes of at least 4 members (excludes halogenated alkanes) is 4. The van der Waals surface area contributed by atoms with Gasteiger partial charge in [0.2, 0.25) is 5.91 Å². The standard InChI is InChI=1S/C22H36FNO/c1-2-3-4-5-6-7-8-9-10-11-12-13-14-15-16-17-18-19-22(25)24-21-20-23/h6-7,9-10,12-13,15-16H,2-5,8,11,14,17-21H2,1H3,(H,24,25)/b7-6-,10-9-,13-12-,16-15-. The normalized spacial score (nSPS) is 12.2. The first-order valence-corrected chi connectivity index (χ1v) is 9.73. The van der Waals surface area contributed by atoms with Gasteiger partial charge in [-0.3, -0.25) is 4.79 Å². The van der Waals surface area contributed by atoms with E-state index in [1.54, 1.807) is 0 Å². The zero-order valence-electron chi connectivity index (χ0n) is 15.9. The van der Waals surface area contributed by atoms with Gasteiger partial charge in [0.1, 0.15) is 6.67 Å². The fourth-order valence-electron chi connectivity index (χ4n) is 2.22. The van der Waals surface area contributed by atoms with E-state index in [1.165, 1.54) is 25.7 Å². The molecule has 0 heterocycles. The molecular weight excluding hydrogens is 313 g/mol. The lowest BCUT2D eigenvalue weighted by molar-refractivity contribution is -0.121. The van der Waals surface area contributed by atoms with Crippen LogP contribution in [0.1, 0.15) is 71.1 Å². The summed E-state index contributed by atoms with van der Waals surface area (Å²) in [5.74, 6) is -0.0615. The summed E-state index contributed by atoms with van der Waals surface area (Å²) in [7, 11) is 0. The van der Waals surface area contributed by atoms with E-state index < -0.39 is 6.67 Å². The molecule has 0 atom stereocenters. The van der Waals surface area contributed by atoms with E-state index >= 15 is 0 Å². The Balaban J connectivity index is 3.44. The summed E-state index contributed by atoms with van der Waals surface area (Å²) in [4.78, 5) is 11.2. The minimum Gasteiger partial charge on any atom is -0.353 e. The van der Waals surface area contributed by atoms with Crippen molar-refractivity contribution in [3.8, 4) is 0 Å². The number of hydrogen-bond acceptors (Lipinski definition) is 1. The van der Waals surface area contributed by atoms with Gasteiger partial charge in [-0.1, -0.05) is 68.4 Å². The van der Waals surface area contributed by atoms with Crippen molar-refractivity contribution < 1.29 is 9.18 Å². The van der Waals surface area contributed by atoms with Crippen LogP contribution in [0.5, 0.6) is 0 Å². The number of alkyl halides is 1. The molecule has 3 heteroatoms. The van der Waals surface area contributed by atoms with Crippen LogP contribution in [0.2, 0.25) is 0 Å². The highest BCUT2D eigenvalue weighted by molar-refractivity contribution is 5.75. The van der Waals surface area contributed by atoms with Gasteiger partial charge in [-0.05, 0) is 44.9 Å². The van der Waals surface area contributed by atoms with E-state index in [9.17, 15) is 9.18 Å². The van der Waals surface area contributed by atoms with E-state index in [-0.39, 0.29) is 12.5 Å². The summed E-state index contributed by atoms with van der Waals surface area (Å²) in [6.45, 7) is 1.86. The number of carbonyl (C=O) groups excluding carboxylic acids is 1. The second kappa shape index (κ2) is 20.4.